The molecule has 1 heterocycles. The first-order valence-corrected chi connectivity index (χ1v) is 5.22. The topological polar surface area (TPSA) is 42.2 Å². The maximum absolute atomic E-state index is 11.1. The Balaban J connectivity index is 2.63. The van der Waals surface area contributed by atoms with Crippen LogP contribution in [-0.2, 0) is 11.3 Å². The zero-order chi connectivity index (χ0) is 11.5. The van der Waals surface area contributed by atoms with Crippen molar-refractivity contribution in [3.05, 3.63) is 24.5 Å². The molecule has 0 aliphatic rings. The molecule has 1 N–H and O–H groups in total. The smallest absolute Gasteiger partial charge is 0.308 e. The van der Waals surface area contributed by atoms with E-state index in [0.29, 0.717) is 13.0 Å². The lowest BCUT2D eigenvalue weighted by Gasteiger charge is -2.23. The van der Waals surface area contributed by atoms with E-state index >= 15 is 0 Å². The van der Waals surface area contributed by atoms with Crippen molar-refractivity contribution in [2.75, 3.05) is 0 Å². The Morgan fingerprint density at radius 3 is 2.27 bits per heavy atom. The lowest BCUT2D eigenvalue weighted by Crippen LogP contribution is -2.24. The minimum absolute atomic E-state index is 0.0518. The van der Waals surface area contributed by atoms with E-state index < -0.39 is 5.97 Å². The van der Waals surface area contributed by atoms with E-state index in [0.717, 1.165) is 0 Å². The maximum atomic E-state index is 11.1. The van der Waals surface area contributed by atoms with E-state index in [1.807, 2.05) is 29.1 Å². The first kappa shape index (κ1) is 11.8. The third-order valence-corrected chi connectivity index (χ3v) is 2.31. The molecule has 0 bridgehead atoms. The van der Waals surface area contributed by atoms with Gasteiger partial charge in [0, 0.05) is 18.9 Å². The van der Waals surface area contributed by atoms with Gasteiger partial charge in [0.05, 0.1) is 5.92 Å². The Morgan fingerprint density at radius 1 is 1.33 bits per heavy atom. The van der Waals surface area contributed by atoms with Gasteiger partial charge >= 0.3 is 5.97 Å². The third-order valence-electron chi connectivity index (χ3n) is 2.31. The van der Waals surface area contributed by atoms with Gasteiger partial charge in [-0.15, -0.1) is 0 Å². The molecule has 0 radical (unpaired) electrons. The fourth-order valence-corrected chi connectivity index (χ4v) is 1.72. The lowest BCUT2D eigenvalue weighted by molar-refractivity contribution is -0.143. The standard InChI is InChI=1S/C12H19NO2/c1-12(2,3)8-10(11(14)15)9-13-6-4-5-7-13/h4-7,10H,8-9H2,1-3H3,(H,14,15). The predicted molar refractivity (Wildman–Crippen MR) is 59.6 cm³/mol. The molecule has 1 aromatic rings. The van der Waals surface area contributed by atoms with Crippen molar-refractivity contribution in [1.29, 1.82) is 0 Å². The van der Waals surface area contributed by atoms with Crippen molar-refractivity contribution < 1.29 is 9.90 Å². The van der Waals surface area contributed by atoms with Crippen molar-refractivity contribution in [2.24, 2.45) is 11.3 Å². The largest absolute Gasteiger partial charge is 0.481 e. The van der Waals surface area contributed by atoms with Crippen LogP contribution < -0.4 is 0 Å². The molecule has 0 aromatic carbocycles. The number of carboxylic acid groups (broad SMARTS) is 1. The molecule has 3 heteroatoms. The minimum Gasteiger partial charge on any atom is -0.481 e. The molecular formula is C12H19NO2. The number of nitrogens with zero attached hydrogens (tertiary/aromatic N) is 1. The van der Waals surface area contributed by atoms with Crippen molar-refractivity contribution in [2.45, 2.75) is 33.7 Å². The monoisotopic (exact) mass is 209 g/mol. The summed E-state index contributed by atoms with van der Waals surface area (Å²) in [5, 5.41) is 9.12. The summed E-state index contributed by atoms with van der Waals surface area (Å²) in [6, 6.07) is 3.83. The molecule has 0 saturated carbocycles. The zero-order valence-corrected chi connectivity index (χ0v) is 9.60. The molecule has 1 aromatic heterocycles. The van der Waals surface area contributed by atoms with E-state index in [2.05, 4.69) is 20.8 Å². The third kappa shape index (κ3) is 4.19. The number of hydrogen-bond acceptors (Lipinski definition) is 1. The quantitative estimate of drug-likeness (QED) is 0.828. The second kappa shape index (κ2) is 4.51. The molecule has 0 fully saturated rings. The molecule has 1 atom stereocenters. The molecule has 1 unspecified atom stereocenters. The Morgan fingerprint density at radius 2 is 1.87 bits per heavy atom. The Bertz CT molecular complexity index is 309. The van der Waals surface area contributed by atoms with Crippen LogP contribution >= 0.6 is 0 Å². The second-order valence-electron chi connectivity index (χ2n) is 5.18. The highest BCUT2D eigenvalue weighted by atomic mass is 16.4. The first-order valence-electron chi connectivity index (χ1n) is 5.22. The van der Waals surface area contributed by atoms with Crippen LogP contribution in [-0.4, -0.2) is 15.6 Å². The fraction of sp³-hybridized carbons (Fsp3) is 0.583. The molecular weight excluding hydrogens is 190 g/mol. The Kier molecular flexibility index (Phi) is 3.56. The van der Waals surface area contributed by atoms with Crippen molar-refractivity contribution in [3.63, 3.8) is 0 Å². The van der Waals surface area contributed by atoms with Crippen LogP contribution in [0.3, 0.4) is 0 Å². The summed E-state index contributed by atoms with van der Waals surface area (Å²) in [4.78, 5) is 11.1. The van der Waals surface area contributed by atoms with E-state index in [9.17, 15) is 4.79 Å². The van der Waals surface area contributed by atoms with Gasteiger partial charge in [-0.25, -0.2) is 0 Å². The van der Waals surface area contributed by atoms with Crippen LogP contribution in [0, 0.1) is 11.3 Å². The normalized spacial score (nSPS) is 13.8. The van der Waals surface area contributed by atoms with Crippen LogP contribution in [0.15, 0.2) is 24.5 Å². The summed E-state index contributed by atoms with van der Waals surface area (Å²) in [5.74, 6) is -1.02. The SMILES string of the molecule is CC(C)(C)CC(Cn1cccc1)C(=O)O. The van der Waals surface area contributed by atoms with Gasteiger partial charge in [0.25, 0.3) is 0 Å². The molecule has 0 saturated heterocycles. The number of carbonyl (C=O) groups is 1. The number of aromatic nitrogens is 1. The molecule has 0 amide bonds. The Hall–Kier alpha value is -1.25. The van der Waals surface area contributed by atoms with E-state index in [1.165, 1.54) is 0 Å². The highest BCUT2D eigenvalue weighted by Crippen LogP contribution is 2.25. The molecule has 0 aliphatic carbocycles. The number of carboxylic acids is 1. The average molecular weight is 209 g/mol. The van der Waals surface area contributed by atoms with Crippen LogP contribution in [0.25, 0.3) is 0 Å². The van der Waals surface area contributed by atoms with Crippen LogP contribution in [0.5, 0.6) is 0 Å². The number of aliphatic carboxylic acids is 1. The van der Waals surface area contributed by atoms with E-state index in [-0.39, 0.29) is 11.3 Å². The summed E-state index contributed by atoms with van der Waals surface area (Å²) < 4.78 is 1.92. The van der Waals surface area contributed by atoms with Gasteiger partial charge in [-0.2, -0.15) is 0 Å². The van der Waals surface area contributed by atoms with Crippen molar-refractivity contribution in [1.82, 2.24) is 4.57 Å². The van der Waals surface area contributed by atoms with E-state index in [1.54, 1.807) is 0 Å². The lowest BCUT2D eigenvalue weighted by atomic mass is 9.84. The molecule has 3 nitrogen and oxygen atoms in total. The van der Waals surface area contributed by atoms with Gasteiger partial charge in [0.2, 0.25) is 0 Å². The van der Waals surface area contributed by atoms with Crippen molar-refractivity contribution >= 4 is 5.97 Å². The number of rotatable bonds is 4. The summed E-state index contributed by atoms with van der Waals surface area (Å²) in [6.45, 7) is 6.76. The zero-order valence-electron chi connectivity index (χ0n) is 9.60. The van der Waals surface area contributed by atoms with Gasteiger partial charge in [-0.1, -0.05) is 20.8 Å². The highest BCUT2D eigenvalue weighted by Gasteiger charge is 2.24. The van der Waals surface area contributed by atoms with Crippen molar-refractivity contribution in [3.8, 4) is 0 Å². The maximum Gasteiger partial charge on any atom is 0.308 e. The van der Waals surface area contributed by atoms with Gasteiger partial charge in [-0.05, 0) is 24.0 Å². The van der Waals surface area contributed by atoms with Gasteiger partial charge < -0.3 is 9.67 Å². The molecule has 0 spiro atoms. The van der Waals surface area contributed by atoms with Crippen LogP contribution in [0.1, 0.15) is 27.2 Å². The second-order valence-corrected chi connectivity index (χ2v) is 5.18. The fourth-order valence-electron chi connectivity index (χ4n) is 1.72. The minimum atomic E-state index is -0.710. The summed E-state index contributed by atoms with van der Waals surface area (Å²) >= 11 is 0. The summed E-state index contributed by atoms with van der Waals surface area (Å²) in [5.41, 5.74) is 0.0518. The molecule has 84 valence electrons. The van der Waals surface area contributed by atoms with Gasteiger partial charge in [-0.3, -0.25) is 4.79 Å². The molecule has 0 aliphatic heterocycles. The van der Waals surface area contributed by atoms with Crippen LogP contribution in [0.2, 0.25) is 0 Å². The molecule has 15 heavy (non-hydrogen) atoms. The first-order chi connectivity index (χ1) is 6.88. The summed E-state index contributed by atoms with van der Waals surface area (Å²) in [7, 11) is 0. The summed E-state index contributed by atoms with van der Waals surface area (Å²) in [6.07, 6.45) is 4.50. The van der Waals surface area contributed by atoms with Crippen LogP contribution in [0.4, 0.5) is 0 Å². The predicted octanol–water partition coefficient (Wildman–Crippen LogP) is 2.63. The Labute approximate surface area is 90.7 Å². The average Bonchev–Trinajstić information content (AvgIpc) is 2.52. The van der Waals surface area contributed by atoms with Gasteiger partial charge in [0.15, 0.2) is 0 Å². The van der Waals surface area contributed by atoms with E-state index in [4.69, 9.17) is 5.11 Å². The highest BCUT2D eigenvalue weighted by molar-refractivity contribution is 5.69. The number of hydrogen-bond donors (Lipinski definition) is 1. The van der Waals surface area contributed by atoms with Gasteiger partial charge in [0.1, 0.15) is 0 Å². The molecule has 1 rings (SSSR count).